The van der Waals surface area contributed by atoms with Crippen LogP contribution < -0.4 is 10.9 Å². The third kappa shape index (κ3) is 3.55. The first-order chi connectivity index (χ1) is 11.6. The van der Waals surface area contributed by atoms with Crippen LogP contribution in [-0.4, -0.2) is 16.7 Å². The van der Waals surface area contributed by atoms with Gasteiger partial charge in [0.1, 0.15) is 5.56 Å². The van der Waals surface area contributed by atoms with Crippen LogP contribution in [0, 0.1) is 19.3 Å². The van der Waals surface area contributed by atoms with E-state index in [0.29, 0.717) is 29.8 Å². The van der Waals surface area contributed by atoms with Gasteiger partial charge in [-0.15, -0.1) is 0 Å². The van der Waals surface area contributed by atoms with E-state index in [1.165, 1.54) is 6.07 Å². The molecule has 2 aromatic rings. The van der Waals surface area contributed by atoms with Crippen molar-refractivity contribution in [2.75, 3.05) is 5.32 Å². The van der Waals surface area contributed by atoms with Crippen molar-refractivity contribution in [3.8, 4) is 0 Å². The van der Waals surface area contributed by atoms with Gasteiger partial charge < -0.3 is 10.3 Å². The molecule has 0 unspecified atom stereocenters. The van der Waals surface area contributed by atoms with Gasteiger partial charge in [-0.2, -0.15) is 0 Å². The molecule has 25 heavy (non-hydrogen) atoms. The fourth-order valence-corrected chi connectivity index (χ4v) is 3.44. The van der Waals surface area contributed by atoms with Crippen LogP contribution in [0.15, 0.2) is 29.1 Å². The molecule has 1 heterocycles. The number of aromatic nitrogens is 1. The monoisotopic (exact) mass is 338 g/mol. The van der Waals surface area contributed by atoms with Crippen molar-refractivity contribution in [1.29, 1.82) is 0 Å². The van der Waals surface area contributed by atoms with Gasteiger partial charge in [-0.1, -0.05) is 19.9 Å². The Hall–Kier alpha value is -2.69. The summed E-state index contributed by atoms with van der Waals surface area (Å²) in [6, 6.07) is 7.11. The summed E-state index contributed by atoms with van der Waals surface area (Å²) in [5.41, 5.74) is 3.05. The molecule has 0 saturated carbocycles. The standard InChI is InChI=1S/C20H22N2O3/c1-11-5-12(2)7-13(6-11)21-18(24)15-8-14-16(22-19(15)25)9-20(3,4)10-17(14)23/h5-8H,9-10H2,1-4H3,(H,21,24)(H,22,25). The molecule has 1 aliphatic rings. The molecule has 0 spiro atoms. The molecule has 5 nitrogen and oxygen atoms in total. The van der Waals surface area contributed by atoms with E-state index in [1.807, 2.05) is 45.9 Å². The zero-order valence-corrected chi connectivity index (χ0v) is 14.9. The molecule has 5 heteroatoms. The number of carbonyl (C=O) groups excluding carboxylic acids is 2. The lowest BCUT2D eigenvalue weighted by Crippen LogP contribution is -2.32. The topological polar surface area (TPSA) is 79.0 Å². The zero-order valence-electron chi connectivity index (χ0n) is 14.9. The Balaban J connectivity index is 1.95. The first-order valence-corrected chi connectivity index (χ1v) is 8.34. The Labute approximate surface area is 146 Å². The third-order valence-electron chi connectivity index (χ3n) is 4.44. The van der Waals surface area contributed by atoms with E-state index in [4.69, 9.17) is 0 Å². The number of rotatable bonds is 2. The normalized spacial score (nSPS) is 15.6. The number of fused-ring (bicyclic) bond motifs is 1. The molecular weight excluding hydrogens is 316 g/mol. The van der Waals surface area contributed by atoms with E-state index in [9.17, 15) is 14.4 Å². The second-order valence-corrected chi connectivity index (χ2v) is 7.68. The average molecular weight is 338 g/mol. The predicted octanol–water partition coefficient (Wildman–Crippen LogP) is 3.40. The number of hydrogen-bond donors (Lipinski definition) is 2. The minimum Gasteiger partial charge on any atom is -0.325 e. The molecular formula is C20H22N2O3. The number of anilines is 1. The smallest absolute Gasteiger partial charge is 0.261 e. The number of carbonyl (C=O) groups is 2. The molecule has 2 N–H and O–H groups in total. The molecule has 1 amide bonds. The zero-order chi connectivity index (χ0) is 18.4. The molecule has 1 aliphatic carbocycles. The Bertz CT molecular complexity index is 918. The summed E-state index contributed by atoms with van der Waals surface area (Å²) in [4.78, 5) is 40.0. The molecule has 3 rings (SSSR count). The lowest BCUT2D eigenvalue weighted by atomic mass is 9.75. The molecule has 0 fully saturated rings. The van der Waals surface area contributed by atoms with Gasteiger partial charge in [-0.05, 0) is 55.0 Å². The molecule has 0 saturated heterocycles. The molecule has 1 aromatic carbocycles. The number of aromatic amines is 1. The van der Waals surface area contributed by atoms with Crippen molar-refractivity contribution in [2.45, 2.75) is 40.5 Å². The fourth-order valence-electron chi connectivity index (χ4n) is 3.44. The van der Waals surface area contributed by atoms with Gasteiger partial charge in [0.15, 0.2) is 5.78 Å². The largest absolute Gasteiger partial charge is 0.325 e. The average Bonchev–Trinajstić information content (AvgIpc) is 2.43. The summed E-state index contributed by atoms with van der Waals surface area (Å²) in [6.07, 6.45) is 1.02. The van der Waals surface area contributed by atoms with Crippen molar-refractivity contribution >= 4 is 17.4 Å². The highest BCUT2D eigenvalue weighted by Crippen LogP contribution is 2.33. The van der Waals surface area contributed by atoms with Crippen LogP contribution >= 0.6 is 0 Å². The number of pyridine rings is 1. The van der Waals surface area contributed by atoms with E-state index >= 15 is 0 Å². The number of aryl methyl sites for hydroxylation is 2. The van der Waals surface area contributed by atoms with E-state index in [0.717, 1.165) is 11.1 Å². The summed E-state index contributed by atoms with van der Waals surface area (Å²) in [6.45, 7) is 7.86. The Morgan fingerprint density at radius 1 is 1.04 bits per heavy atom. The van der Waals surface area contributed by atoms with Crippen LogP contribution in [0.2, 0.25) is 0 Å². The van der Waals surface area contributed by atoms with Crippen molar-refractivity contribution in [3.63, 3.8) is 0 Å². The van der Waals surface area contributed by atoms with E-state index < -0.39 is 11.5 Å². The Morgan fingerprint density at radius 2 is 1.68 bits per heavy atom. The highest BCUT2D eigenvalue weighted by atomic mass is 16.2. The van der Waals surface area contributed by atoms with E-state index in [-0.39, 0.29) is 16.8 Å². The Morgan fingerprint density at radius 3 is 2.32 bits per heavy atom. The number of H-pyrrole nitrogens is 1. The van der Waals surface area contributed by atoms with Crippen LogP contribution in [0.4, 0.5) is 5.69 Å². The minimum absolute atomic E-state index is 0.0361. The van der Waals surface area contributed by atoms with Gasteiger partial charge in [0.05, 0.1) is 0 Å². The first-order valence-electron chi connectivity index (χ1n) is 8.34. The van der Waals surface area contributed by atoms with Crippen molar-refractivity contribution in [1.82, 2.24) is 4.98 Å². The third-order valence-corrected chi connectivity index (χ3v) is 4.44. The number of Topliss-reactive ketones (excluding diaryl/α,β-unsaturated/α-hetero) is 1. The van der Waals surface area contributed by atoms with Gasteiger partial charge in [0.2, 0.25) is 0 Å². The summed E-state index contributed by atoms with van der Waals surface area (Å²) in [7, 11) is 0. The molecule has 0 atom stereocenters. The predicted molar refractivity (Wildman–Crippen MR) is 97.4 cm³/mol. The van der Waals surface area contributed by atoms with Gasteiger partial charge in [0, 0.05) is 23.4 Å². The van der Waals surface area contributed by atoms with Crippen molar-refractivity contribution in [3.05, 3.63) is 62.6 Å². The summed E-state index contributed by atoms with van der Waals surface area (Å²) in [5, 5.41) is 2.75. The second-order valence-electron chi connectivity index (χ2n) is 7.68. The molecule has 0 bridgehead atoms. The van der Waals surface area contributed by atoms with E-state index in [1.54, 1.807) is 0 Å². The maximum Gasteiger partial charge on any atom is 0.261 e. The summed E-state index contributed by atoms with van der Waals surface area (Å²) >= 11 is 0. The Kier molecular flexibility index (Phi) is 4.11. The van der Waals surface area contributed by atoms with Crippen LogP contribution in [0.3, 0.4) is 0 Å². The SMILES string of the molecule is Cc1cc(C)cc(NC(=O)c2cc3c([nH]c2=O)CC(C)(C)CC3=O)c1. The summed E-state index contributed by atoms with van der Waals surface area (Å²) in [5.74, 6) is -0.547. The lowest BCUT2D eigenvalue weighted by Gasteiger charge is -2.29. The van der Waals surface area contributed by atoms with Crippen molar-refractivity contribution in [2.24, 2.45) is 5.41 Å². The molecule has 0 radical (unpaired) electrons. The first kappa shape index (κ1) is 17.1. The van der Waals surface area contributed by atoms with Gasteiger partial charge >= 0.3 is 0 Å². The quantitative estimate of drug-likeness (QED) is 0.881. The van der Waals surface area contributed by atoms with Gasteiger partial charge in [-0.3, -0.25) is 14.4 Å². The number of amides is 1. The molecule has 1 aromatic heterocycles. The highest BCUT2D eigenvalue weighted by Gasteiger charge is 2.32. The van der Waals surface area contributed by atoms with Gasteiger partial charge in [0.25, 0.3) is 11.5 Å². The van der Waals surface area contributed by atoms with Crippen LogP contribution in [0.25, 0.3) is 0 Å². The fraction of sp³-hybridized carbons (Fsp3) is 0.350. The summed E-state index contributed by atoms with van der Waals surface area (Å²) < 4.78 is 0. The lowest BCUT2D eigenvalue weighted by molar-refractivity contribution is 0.0910. The number of ketones is 1. The number of nitrogens with one attached hydrogen (secondary N) is 2. The number of hydrogen-bond acceptors (Lipinski definition) is 3. The molecule has 130 valence electrons. The van der Waals surface area contributed by atoms with Crippen LogP contribution in [0.1, 0.15) is 57.8 Å². The van der Waals surface area contributed by atoms with Gasteiger partial charge in [-0.25, -0.2) is 0 Å². The highest BCUT2D eigenvalue weighted by molar-refractivity contribution is 6.06. The maximum atomic E-state index is 12.5. The van der Waals surface area contributed by atoms with Crippen molar-refractivity contribution < 1.29 is 9.59 Å². The molecule has 0 aliphatic heterocycles. The minimum atomic E-state index is -0.508. The van der Waals surface area contributed by atoms with Crippen LogP contribution in [0.5, 0.6) is 0 Å². The maximum absolute atomic E-state index is 12.5. The van der Waals surface area contributed by atoms with E-state index in [2.05, 4.69) is 10.3 Å². The number of benzene rings is 1. The second kappa shape index (κ2) is 5.99. The van der Waals surface area contributed by atoms with Crippen LogP contribution in [-0.2, 0) is 6.42 Å².